The molecule has 0 saturated carbocycles. The summed E-state index contributed by atoms with van der Waals surface area (Å²) in [4.78, 5) is 10.5. The van der Waals surface area contributed by atoms with Gasteiger partial charge in [0.1, 0.15) is 0 Å². The molecule has 0 heterocycles. The fourth-order valence-corrected chi connectivity index (χ4v) is 1.52. The minimum Gasteiger partial charge on any atom is -0.490 e. The maximum Gasteiger partial charge on any atom is 0.335 e. The molecule has 1 rings (SSSR count). The van der Waals surface area contributed by atoms with Crippen molar-refractivity contribution in [2.45, 2.75) is 6.92 Å². The molecule has 1 aromatic rings. The van der Waals surface area contributed by atoms with Gasteiger partial charge in [-0.25, -0.2) is 9.18 Å². The van der Waals surface area contributed by atoms with E-state index >= 15 is 0 Å². The molecule has 76 valence electrons. The number of carboxylic acids is 1. The fourth-order valence-electron chi connectivity index (χ4n) is 0.966. The van der Waals surface area contributed by atoms with E-state index in [9.17, 15) is 9.18 Å². The predicted octanol–water partition coefficient (Wildman–Crippen LogP) is 2.69. The van der Waals surface area contributed by atoms with Gasteiger partial charge in [-0.1, -0.05) is 0 Å². The van der Waals surface area contributed by atoms with Crippen molar-refractivity contribution in [3.05, 3.63) is 28.0 Å². The van der Waals surface area contributed by atoms with Gasteiger partial charge in [-0.05, 0) is 35.0 Å². The zero-order valence-electron chi connectivity index (χ0n) is 7.38. The average molecular weight is 263 g/mol. The molecule has 0 atom stereocenters. The molecule has 0 fully saturated rings. The van der Waals surface area contributed by atoms with Crippen LogP contribution in [0.5, 0.6) is 5.75 Å². The Morgan fingerprint density at radius 3 is 2.71 bits per heavy atom. The molecule has 0 bridgehead atoms. The van der Waals surface area contributed by atoms with Gasteiger partial charge in [-0.3, -0.25) is 0 Å². The lowest BCUT2D eigenvalue weighted by Crippen LogP contribution is -2.01. The minimum absolute atomic E-state index is 0.0394. The van der Waals surface area contributed by atoms with Crippen molar-refractivity contribution >= 4 is 21.9 Å². The molecule has 14 heavy (non-hydrogen) atoms. The average Bonchev–Trinajstić information content (AvgIpc) is 2.10. The molecule has 0 aromatic heterocycles. The SMILES string of the molecule is CCOc1c(F)cc(C(=O)O)cc1Br. The highest BCUT2D eigenvalue weighted by molar-refractivity contribution is 9.10. The van der Waals surface area contributed by atoms with Gasteiger partial charge in [-0.2, -0.15) is 0 Å². The topological polar surface area (TPSA) is 46.5 Å². The molecular weight excluding hydrogens is 255 g/mol. The normalized spacial score (nSPS) is 9.93. The zero-order valence-corrected chi connectivity index (χ0v) is 8.97. The summed E-state index contributed by atoms with van der Waals surface area (Å²) in [6, 6.07) is 2.23. The van der Waals surface area contributed by atoms with Crippen LogP contribution in [0.25, 0.3) is 0 Å². The third kappa shape index (κ3) is 2.23. The van der Waals surface area contributed by atoms with Crippen molar-refractivity contribution < 1.29 is 19.0 Å². The number of halogens is 2. The number of aromatic carboxylic acids is 1. The predicted molar refractivity (Wildman–Crippen MR) is 52.2 cm³/mol. The number of hydrogen-bond donors (Lipinski definition) is 1. The van der Waals surface area contributed by atoms with Crippen molar-refractivity contribution in [1.82, 2.24) is 0 Å². The van der Waals surface area contributed by atoms with E-state index in [0.717, 1.165) is 6.07 Å². The van der Waals surface area contributed by atoms with Gasteiger partial charge >= 0.3 is 5.97 Å². The van der Waals surface area contributed by atoms with Gasteiger partial charge in [0.25, 0.3) is 0 Å². The summed E-state index contributed by atoms with van der Waals surface area (Å²) < 4.78 is 18.5. The summed E-state index contributed by atoms with van der Waals surface area (Å²) in [5, 5.41) is 8.63. The third-order valence-corrected chi connectivity index (χ3v) is 2.12. The van der Waals surface area contributed by atoms with Crippen molar-refractivity contribution in [3.63, 3.8) is 0 Å². The second-order valence-corrected chi connectivity index (χ2v) is 3.36. The van der Waals surface area contributed by atoms with Crippen LogP contribution in [0.2, 0.25) is 0 Å². The highest BCUT2D eigenvalue weighted by atomic mass is 79.9. The largest absolute Gasteiger partial charge is 0.490 e. The molecule has 0 aliphatic heterocycles. The minimum atomic E-state index is -1.17. The van der Waals surface area contributed by atoms with E-state index in [-0.39, 0.29) is 11.3 Å². The lowest BCUT2D eigenvalue weighted by molar-refractivity contribution is 0.0696. The number of hydrogen-bond acceptors (Lipinski definition) is 2. The first-order valence-electron chi connectivity index (χ1n) is 3.91. The van der Waals surface area contributed by atoms with Crippen LogP contribution in [0.3, 0.4) is 0 Å². The highest BCUT2D eigenvalue weighted by Crippen LogP contribution is 2.29. The molecule has 5 heteroatoms. The standard InChI is InChI=1S/C9H8BrFO3/c1-2-14-8-6(10)3-5(9(12)13)4-7(8)11/h3-4H,2H2,1H3,(H,12,13). The van der Waals surface area contributed by atoms with Gasteiger partial charge in [0, 0.05) is 0 Å². The van der Waals surface area contributed by atoms with Crippen LogP contribution >= 0.6 is 15.9 Å². The smallest absolute Gasteiger partial charge is 0.335 e. The number of carboxylic acid groups (broad SMARTS) is 1. The number of ether oxygens (including phenoxy) is 1. The van der Waals surface area contributed by atoms with Crippen LogP contribution in [0.1, 0.15) is 17.3 Å². The van der Waals surface area contributed by atoms with E-state index in [2.05, 4.69) is 15.9 Å². The van der Waals surface area contributed by atoms with E-state index < -0.39 is 11.8 Å². The molecule has 3 nitrogen and oxygen atoms in total. The van der Waals surface area contributed by atoms with Crippen LogP contribution < -0.4 is 4.74 Å². The van der Waals surface area contributed by atoms with Crippen LogP contribution in [-0.2, 0) is 0 Å². The molecule has 0 unspecified atom stereocenters. The Kier molecular flexibility index (Phi) is 3.46. The Bertz CT molecular complexity index is 342. The molecule has 1 N–H and O–H groups in total. The van der Waals surface area contributed by atoms with Crippen LogP contribution in [0.4, 0.5) is 4.39 Å². The summed E-state index contributed by atoms with van der Waals surface area (Å²) >= 11 is 3.04. The quantitative estimate of drug-likeness (QED) is 0.911. The molecule has 0 radical (unpaired) electrons. The monoisotopic (exact) mass is 262 g/mol. The van der Waals surface area contributed by atoms with E-state index in [4.69, 9.17) is 9.84 Å². The molecule has 1 aromatic carbocycles. The van der Waals surface area contributed by atoms with Crippen molar-refractivity contribution in [1.29, 1.82) is 0 Å². The van der Waals surface area contributed by atoms with Gasteiger partial charge in [0.15, 0.2) is 11.6 Å². The van der Waals surface area contributed by atoms with Gasteiger partial charge in [0.05, 0.1) is 16.6 Å². The first-order valence-corrected chi connectivity index (χ1v) is 4.70. The number of carbonyl (C=O) groups is 1. The highest BCUT2D eigenvalue weighted by Gasteiger charge is 2.13. The summed E-state index contributed by atoms with van der Waals surface area (Å²) in [6.45, 7) is 2.04. The van der Waals surface area contributed by atoms with E-state index in [1.165, 1.54) is 6.07 Å². The van der Waals surface area contributed by atoms with E-state index in [0.29, 0.717) is 11.1 Å². The first kappa shape index (κ1) is 11.0. The van der Waals surface area contributed by atoms with Crippen molar-refractivity contribution in [2.75, 3.05) is 6.61 Å². The molecule has 0 spiro atoms. The Balaban J connectivity index is 3.18. The van der Waals surface area contributed by atoms with Crippen LogP contribution in [-0.4, -0.2) is 17.7 Å². The van der Waals surface area contributed by atoms with Crippen molar-refractivity contribution in [2.24, 2.45) is 0 Å². The first-order chi connectivity index (χ1) is 6.56. The summed E-state index contributed by atoms with van der Waals surface area (Å²) in [7, 11) is 0. The second-order valence-electron chi connectivity index (χ2n) is 2.51. The fraction of sp³-hybridized carbons (Fsp3) is 0.222. The number of rotatable bonds is 3. The Labute approximate surface area is 88.6 Å². The molecule has 0 aliphatic rings. The van der Waals surface area contributed by atoms with Gasteiger partial charge in [-0.15, -0.1) is 0 Å². The summed E-state index contributed by atoms with van der Waals surface area (Å²) in [6.07, 6.45) is 0. The maximum absolute atomic E-state index is 13.2. The second kappa shape index (κ2) is 4.41. The number of benzene rings is 1. The maximum atomic E-state index is 13.2. The Morgan fingerprint density at radius 1 is 1.64 bits per heavy atom. The molecule has 0 amide bonds. The van der Waals surface area contributed by atoms with E-state index in [1.807, 2.05) is 0 Å². The lowest BCUT2D eigenvalue weighted by atomic mass is 10.2. The Morgan fingerprint density at radius 2 is 2.29 bits per heavy atom. The zero-order chi connectivity index (χ0) is 10.7. The van der Waals surface area contributed by atoms with Gasteiger partial charge in [0.2, 0.25) is 0 Å². The Hall–Kier alpha value is -1.10. The lowest BCUT2D eigenvalue weighted by Gasteiger charge is -2.07. The van der Waals surface area contributed by atoms with Gasteiger partial charge < -0.3 is 9.84 Å². The van der Waals surface area contributed by atoms with Crippen LogP contribution in [0.15, 0.2) is 16.6 Å². The third-order valence-electron chi connectivity index (χ3n) is 1.53. The van der Waals surface area contributed by atoms with Crippen molar-refractivity contribution in [3.8, 4) is 5.75 Å². The van der Waals surface area contributed by atoms with Crippen LogP contribution in [0, 0.1) is 5.82 Å². The molecule has 0 aliphatic carbocycles. The molecular formula is C9H8BrFO3. The summed E-state index contributed by atoms with van der Waals surface area (Å²) in [5.74, 6) is -1.82. The molecule has 0 saturated heterocycles. The summed E-state index contributed by atoms with van der Waals surface area (Å²) in [5.41, 5.74) is -0.113. The van der Waals surface area contributed by atoms with E-state index in [1.54, 1.807) is 6.92 Å².